The van der Waals surface area contributed by atoms with E-state index in [0.717, 1.165) is 16.8 Å². The average Bonchev–Trinajstić information content (AvgIpc) is 3.42. The first kappa shape index (κ1) is 32.5. The smallest absolute Gasteiger partial charge is 0.410 e. The van der Waals surface area contributed by atoms with Crippen LogP contribution in [0.25, 0.3) is 11.1 Å². The zero-order valence-electron chi connectivity index (χ0n) is 26.7. The highest BCUT2D eigenvalue weighted by atomic mass is 16.6. The largest absolute Gasteiger partial charge is 0.444 e. The summed E-state index contributed by atoms with van der Waals surface area (Å²) in [4.78, 5) is 43.0. The zero-order valence-corrected chi connectivity index (χ0v) is 26.7. The van der Waals surface area contributed by atoms with Gasteiger partial charge in [-0.05, 0) is 69.0 Å². The van der Waals surface area contributed by atoms with Gasteiger partial charge in [0.1, 0.15) is 5.60 Å². The number of nitrogens with one attached hydrogen (secondary N) is 1. The van der Waals surface area contributed by atoms with Gasteiger partial charge >= 0.3 is 6.09 Å². The molecule has 1 N–H and O–H groups in total. The number of fused-ring (bicyclic) bond motifs is 1. The van der Waals surface area contributed by atoms with Gasteiger partial charge in [0, 0.05) is 45.0 Å². The predicted molar refractivity (Wildman–Crippen MR) is 174 cm³/mol. The van der Waals surface area contributed by atoms with Crippen molar-refractivity contribution in [3.8, 4) is 11.1 Å². The lowest BCUT2D eigenvalue weighted by Crippen LogP contribution is -2.49. The fourth-order valence-electron chi connectivity index (χ4n) is 5.13. The van der Waals surface area contributed by atoms with Crippen LogP contribution in [0.2, 0.25) is 0 Å². The third kappa shape index (κ3) is 8.83. The molecular formula is C35H45N5O4. The van der Waals surface area contributed by atoms with Gasteiger partial charge in [-0.3, -0.25) is 14.6 Å². The predicted octanol–water partition coefficient (Wildman–Crippen LogP) is 5.31. The first-order valence-corrected chi connectivity index (χ1v) is 15.2. The molecule has 3 aromatic rings. The number of hydrazine groups is 1. The number of rotatable bonds is 11. The maximum Gasteiger partial charge on any atom is 0.410 e. The van der Waals surface area contributed by atoms with E-state index in [9.17, 15) is 14.4 Å². The van der Waals surface area contributed by atoms with E-state index >= 15 is 0 Å². The van der Waals surface area contributed by atoms with Crippen LogP contribution in [0.3, 0.4) is 0 Å². The Morgan fingerprint density at radius 1 is 0.864 bits per heavy atom. The number of amides is 3. The van der Waals surface area contributed by atoms with Crippen LogP contribution >= 0.6 is 0 Å². The highest BCUT2D eigenvalue weighted by molar-refractivity contribution is 5.87. The normalized spacial score (nSPS) is 12.9. The minimum absolute atomic E-state index is 0.0189. The second-order valence-corrected chi connectivity index (χ2v) is 12.4. The Hall–Kier alpha value is -4.37. The van der Waals surface area contributed by atoms with Gasteiger partial charge in [-0.15, -0.1) is 0 Å². The summed E-state index contributed by atoms with van der Waals surface area (Å²) in [5, 5.41) is 6.61. The van der Waals surface area contributed by atoms with Crippen LogP contribution in [-0.4, -0.2) is 77.7 Å². The summed E-state index contributed by atoms with van der Waals surface area (Å²) in [6.45, 7) is 11.2. The van der Waals surface area contributed by atoms with E-state index in [-0.39, 0.29) is 37.5 Å². The maximum absolute atomic E-state index is 13.6. The van der Waals surface area contributed by atoms with Gasteiger partial charge in [0.25, 0.3) is 5.91 Å². The van der Waals surface area contributed by atoms with Crippen LogP contribution in [0.4, 0.5) is 10.5 Å². The molecule has 0 aliphatic carbocycles. The quantitative estimate of drug-likeness (QED) is 0.322. The van der Waals surface area contributed by atoms with Crippen molar-refractivity contribution >= 4 is 23.6 Å². The van der Waals surface area contributed by atoms with Crippen molar-refractivity contribution in [1.82, 2.24) is 20.2 Å². The van der Waals surface area contributed by atoms with Crippen molar-refractivity contribution in [1.29, 1.82) is 0 Å². The van der Waals surface area contributed by atoms with E-state index < -0.39 is 11.7 Å². The van der Waals surface area contributed by atoms with Gasteiger partial charge in [0.05, 0.1) is 13.1 Å². The van der Waals surface area contributed by atoms with E-state index in [2.05, 4.69) is 17.4 Å². The molecule has 0 aromatic heterocycles. The van der Waals surface area contributed by atoms with Crippen LogP contribution in [0.15, 0.2) is 78.9 Å². The molecule has 0 saturated heterocycles. The van der Waals surface area contributed by atoms with Crippen LogP contribution in [-0.2, 0) is 27.4 Å². The lowest BCUT2D eigenvalue weighted by Gasteiger charge is -2.32. The number of carbonyl (C=O) groups is 3. The fraction of sp³-hybridized carbons (Fsp3) is 0.400. The van der Waals surface area contributed by atoms with E-state index in [1.807, 2.05) is 106 Å². The molecule has 234 valence electrons. The summed E-state index contributed by atoms with van der Waals surface area (Å²) in [5.41, 5.74) is 4.62. The van der Waals surface area contributed by atoms with Gasteiger partial charge < -0.3 is 19.9 Å². The molecule has 44 heavy (non-hydrogen) atoms. The summed E-state index contributed by atoms with van der Waals surface area (Å²) < 4.78 is 5.54. The standard InChI is InChI=1S/C35H45N5O4/c1-26(2)40(34(43)44-35(3,4)5)20-19-36-32(41)24-38(31-18-12-17-28(21-31)27-13-8-7-9-14-27)25-33(42)37(6)39-22-29-15-10-11-16-30(29)23-39/h7-18,21,26H,19-20,22-25H2,1-6H3,(H,36,41). The molecule has 0 fully saturated rings. The van der Waals surface area contributed by atoms with Gasteiger partial charge in [-0.1, -0.05) is 66.7 Å². The number of anilines is 1. The molecule has 0 spiro atoms. The number of hydrogen-bond donors (Lipinski definition) is 1. The van der Waals surface area contributed by atoms with Crippen molar-refractivity contribution in [2.24, 2.45) is 0 Å². The molecule has 0 bridgehead atoms. The number of likely N-dealkylation sites (N-methyl/N-ethyl adjacent to an activating group) is 1. The lowest BCUT2D eigenvalue weighted by atomic mass is 10.0. The molecule has 9 nitrogen and oxygen atoms in total. The maximum atomic E-state index is 13.6. The Balaban J connectivity index is 1.46. The summed E-state index contributed by atoms with van der Waals surface area (Å²) in [6.07, 6.45) is -0.418. The zero-order chi connectivity index (χ0) is 31.9. The monoisotopic (exact) mass is 599 g/mol. The number of nitrogens with zero attached hydrogens (tertiary/aromatic N) is 4. The van der Waals surface area contributed by atoms with Crippen molar-refractivity contribution in [3.63, 3.8) is 0 Å². The van der Waals surface area contributed by atoms with E-state index in [1.54, 1.807) is 21.9 Å². The SMILES string of the molecule is CC(C)N(CCNC(=O)CN(CC(=O)N(C)N1Cc2ccccc2C1)c1cccc(-c2ccccc2)c1)C(=O)OC(C)(C)C. The van der Waals surface area contributed by atoms with Crippen LogP contribution < -0.4 is 10.2 Å². The average molecular weight is 600 g/mol. The molecule has 0 unspecified atom stereocenters. The summed E-state index contributed by atoms with van der Waals surface area (Å²) >= 11 is 0. The van der Waals surface area contributed by atoms with Crippen molar-refractivity contribution in [2.45, 2.75) is 59.4 Å². The topological polar surface area (TPSA) is 85.4 Å². The van der Waals surface area contributed by atoms with Crippen molar-refractivity contribution < 1.29 is 19.1 Å². The third-order valence-electron chi connectivity index (χ3n) is 7.51. The molecule has 3 aromatic carbocycles. The first-order valence-electron chi connectivity index (χ1n) is 15.2. The molecule has 1 heterocycles. The highest BCUT2D eigenvalue weighted by Crippen LogP contribution is 2.26. The molecule has 9 heteroatoms. The minimum Gasteiger partial charge on any atom is -0.444 e. The van der Waals surface area contributed by atoms with Gasteiger partial charge in [-0.2, -0.15) is 0 Å². The van der Waals surface area contributed by atoms with Gasteiger partial charge in [-0.25, -0.2) is 9.80 Å². The second kappa shape index (κ2) is 14.4. The van der Waals surface area contributed by atoms with E-state index in [1.165, 1.54) is 11.1 Å². The Kier molecular flexibility index (Phi) is 10.7. The first-order chi connectivity index (χ1) is 20.9. The van der Waals surface area contributed by atoms with Gasteiger partial charge in [0.2, 0.25) is 5.91 Å². The molecular weight excluding hydrogens is 554 g/mol. The van der Waals surface area contributed by atoms with Crippen LogP contribution in [0.1, 0.15) is 45.7 Å². The Bertz CT molecular complexity index is 1410. The number of hydrogen-bond acceptors (Lipinski definition) is 6. The minimum atomic E-state index is -0.611. The lowest BCUT2D eigenvalue weighted by molar-refractivity contribution is -0.145. The molecule has 3 amide bonds. The molecule has 4 rings (SSSR count). The number of benzene rings is 3. The Morgan fingerprint density at radius 2 is 1.48 bits per heavy atom. The third-order valence-corrected chi connectivity index (χ3v) is 7.51. The highest BCUT2D eigenvalue weighted by Gasteiger charge is 2.27. The van der Waals surface area contributed by atoms with E-state index in [0.29, 0.717) is 19.6 Å². The second-order valence-electron chi connectivity index (χ2n) is 12.4. The van der Waals surface area contributed by atoms with Crippen molar-refractivity contribution in [3.05, 3.63) is 90.0 Å². The van der Waals surface area contributed by atoms with Crippen LogP contribution in [0, 0.1) is 0 Å². The summed E-state index contributed by atoms with van der Waals surface area (Å²) in [7, 11) is 1.78. The number of carbonyl (C=O) groups excluding carboxylic acids is 3. The van der Waals surface area contributed by atoms with Crippen LogP contribution in [0.5, 0.6) is 0 Å². The van der Waals surface area contributed by atoms with Gasteiger partial charge in [0.15, 0.2) is 0 Å². The summed E-state index contributed by atoms with van der Waals surface area (Å²) in [5.74, 6) is -0.362. The molecule has 0 radical (unpaired) electrons. The number of ether oxygens (including phenoxy) is 1. The molecule has 1 aliphatic rings. The molecule has 0 atom stereocenters. The van der Waals surface area contributed by atoms with Crippen molar-refractivity contribution in [2.75, 3.05) is 38.1 Å². The summed E-state index contributed by atoms with van der Waals surface area (Å²) in [6, 6.07) is 26.0. The van der Waals surface area contributed by atoms with E-state index in [4.69, 9.17) is 4.74 Å². The Morgan fingerprint density at radius 3 is 2.09 bits per heavy atom. The fourth-order valence-corrected chi connectivity index (χ4v) is 5.13. The Labute approximate surface area is 261 Å². The molecule has 1 aliphatic heterocycles. The molecule has 0 saturated carbocycles.